The number of aromatic nitrogens is 1. The first-order valence-corrected chi connectivity index (χ1v) is 3.71. The third-order valence-electron chi connectivity index (χ3n) is 1.91. The Morgan fingerprint density at radius 1 is 1.33 bits per heavy atom. The molecule has 0 fully saturated rings. The Labute approximate surface area is 69.9 Å². The van der Waals surface area contributed by atoms with Crippen LogP contribution in [0.5, 0.6) is 0 Å². The molecular formula is C10H7FN. The lowest BCUT2D eigenvalue weighted by molar-refractivity contribution is 0.613. The lowest BCUT2D eigenvalue weighted by Crippen LogP contribution is -1.87. The maximum absolute atomic E-state index is 12.9. The number of aryl methyl sites for hydroxylation is 1. The standard InChI is InChI=1S/C10H7FN/c1-7-8-4-2-3-5-10(8)12-6-9(7)11/h2-5H,1H3. The molecule has 12 heavy (non-hydrogen) atoms. The van der Waals surface area contributed by atoms with Crippen LogP contribution in [0.2, 0.25) is 0 Å². The van der Waals surface area contributed by atoms with E-state index in [1.54, 1.807) is 6.92 Å². The van der Waals surface area contributed by atoms with Crippen molar-refractivity contribution in [3.8, 4) is 0 Å². The number of para-hydroxylation sites is 1. The van der Waals surface area contributed by atoms with Crippen LogP contribution in [0, 0.1) is 18.9 Å². The summed E-state index contributed by atoms with van der Waals surface area (Å²) in [5.41, 5.74) is 1.40. The molecule has 2 aromatic rings. The molecule has 1 nitrogen and oxygen atoms in total. The predicted molar refractivity (Wildman–Crippen MR) is 45.3 cm³/mol. The third kappa shape index (κ3) is 0.961. The molecule has 0 saturated heterocycles. The van der Waals surface area contributed by atoms with Crippen molar-refractivity contribution >= 4 is 10.9 Å². The molecule has 0 amide bonds. The fraction of sp³-hybridized carbons (Fsp3) is 0.100. The minimum Gasteiger partial charge on any atom is -0.243 e. The first-order chi connectivity index (χ1) is 5.79. The highest BCUT2D eigenvalue weighted by Crippen LogP contribution is 2.17. The van der Waals surface area contributed by atoms with E-state index in [4.69, 9.17) is 0 Å². The van der Waals surface area contributed by atoms with Gasteiger partial charge in [-0.25, -0.2) is 9.37 Å². The zero-order chi connectivity index (χ0) is 8.55. The second kappa shape index (κ2) is 2.55. The van der Waals surface area contributed by atoms with Gasteiger partial charge in [-0.05, 0) is 18.6 Å². The monoisotopic (exact) mass is 160 g/mol. The van der Waals surface area contributed by atoms with Gasteiger partial charge < -0.3 is 0 Å². The normalized spacial score (nSPS) is 10.5. The Hall–Kier alpha value is -1.44. The fourth-order valence-electron chi connectivity index (χ4n) is 1.20. The topological polar surface area (TPSA) is 12.9 Å². The first-order valence-electron chi connectivity index (χ1n) is 3.71. The van der Waals surface area contributed by atoms with Gasteiger partial charge in [-0.2, -0.15) is 0 Å². The Morgan fingerprint density at radius 3 is 2.92 bits per heavy atom. The van der Waals surface area contributed by atoms with Crippen LogP contribution in [0.1, 0.15) is 5.56 Å². The van der Waals surface area contributed by atoms with Gasteiger partial charge in [0.25, 0.3) is 0 Å². The van der Waals surface area contributed by atoms with Gasteiger partial charge in [-0.1, -0.05) is 18.2 Å². The van der Waals surface area contributed by atoms with Crippen LogP contribution in [-0.4, -0.2) is 4.98 Å². The second-order valence-electron chi connectivity index (χ2n) is 2.68. The lowest BCUT2D eigenvalue weighted by atomic mass is 10.1. The van der Waals surface area contributed by atoms with Crippen LogP contribution in [-0.2, 0) is 0 Å². The highest BCUT2D eigenvalue weighted by Gasteiger charge is 2.02. The molecule has 0 aliphatic heterocycles. The molecule has 0 aliphatic carbocycles. The molecule has 0 N–H and O–H groups in total. The van der Waals surface area contributed by atoms with E-state index in [0.29, 0.717) is 5.56 Å². The van der Waals surface area contributed by atoms with Gasteiger partial charge in [0, 0.05) is 5.39 Å². The summed E-state index contributed by atoms with van der Waals surface area (Å²) in [6.07, 6.45) is 2.33. The van der Waals surface area contributed by atoms with Gasteiger partial charge in [0.15, 0.2) is 5.82 Å². The van der Waals surface area contributed by atoms with E-state index in [2.05, 4.69) is 11.2 Å². The van der Waals surface area contributed by atoms with E-state index in [1.807, 2.05) is 24.3 Å². The van der Waals surface area contributed by atoms with Gasteiger partial charge in [-0.3, -0.25) is 0 Å². The van der Waals surface area contributed by atoms with Crippen molar-refractivity contribution in [3.05, 3.63) is 41.8 Å². The van der Waals surface area contributed by atoms with Crippen LogP contribution in [0.3, 0.4) is 0 Å². The van der Waals surface area contributed by atoms with E-state index in [1.165, 1.54) is 0 Å². The Kier molecular flexibility index (Phi) is 1.54. The molecule has 0 unspecified atom stereocenters. The van der Waals surface area contributed by atoms with Gasteiger partial charge in [0.05, 0.1) is 5.52 Å². The molecule has 1 aromatic carbocycles. The zero-order valence-electron chi connectivity index (χ0n) is 6.63. The highest BCUT2D eigenvalue weighted by atomic mass is 19.1. The third-order valence-corrected chi connectivity index (χ3v) is 1.91. The largest absolute Gasteiger partial charge is 0.243 e. The summed E-state index contributed by atoms with van der Waals surface area (Å²) in [6, 6.07) is 7.45. The van der Waals surface area contributed by atoms with Gasteiger partial charge in [0.1, 0.15) is 6.20 Å². The summed E-state index contributed by atoms with van der Waals surface area (Å²) in [5, 5.41) is 0.855. The van der Waals surface area contributed by atoms with Crippen molar-refractivity contribution in [2.24, 2.45) is 0 Å². The minimum atomic E-state index is -0.367. The minimum absolute atomic E-state index is 0.367. The molecule has 1 heterocycles. The molecule has 59 valence electrons. The SMILES string of the molecule is Cc1c(F)[c]nc2ccccc12. The van der Waals surface area contributed by atoms with Crippen LogP contribution in [0.15, 0.2) is 24.3 Å². The van der Waals surface area contributed by atoms with E-state index < -0.39 is 0 Å². The summed E-state index contributed by atoms with van der Waals surface area (Å²) in [7, 11) is 0. The molecule has 1 radical (unpaired) electrons. The van der Waals surface area contributed by atoms with E-state index in [0.717, 1.165) is 10.9 Å². The Bertz CT molecular complexity index is 423. The average molecular weight is 160 g/mol. The van der Waals surface area contributed by atoms with Crippen LogP contribution in [0.25, 0.3) is 10.9 Å². The van der Waals surface area contributed by atoms with E-state index in [9.17, 15) is 4.39 Å². The number of hydrogen-bond donors (Lipinski definition) is 0. The van der Waals surface area contributed by atoms with Crippen LogP contribution >= 0.6 is 0 Å². The molecule has 2 heteroatoms. The highest BCUT2D eigenvalue weighted by molar-refractivity contribution is 5.81. The quantitative estimate of drug-likeness (QED) is 0.577. The number of fused-ring (bicyclic) bond motifs is 1. The van der Waals surface area contributed by atoms with Crippen molar-refractivity contribution in [2.75, 3.05) is 0 Å². The number of benzene rings is 1. The molecule has 0 aliphatic rings. The molecule has 2 rings (SSSR count). The molecule has 0 spiro atoms. The summed E-state index contributed by atoms with van der Waals surface area (Å²) in [6.45, 7) is 1.73. The number of halogens is 1. The van der Waals surface area contributed by atoms with Gasteiger partial charge >= 0.3 is 0 Å². The van der Waals surface area contributed by atoms with Gasteiger partial charge in [0.2, 0.25) is 0 Å². The van der Waals surface area contributed by atoms with Crippen molar-refractivity contribution in [2.45, 2.75) is 6.92 Å². The molecule has 0 bridgehead atoms. The van der Waals surface area contributed by atoms with Crippen molar-refractivity contribution in [1.82, 2.24) is 4.98 Å². The molecule has 0 atom stereocenters. The lowest BCUT2D eigenvalue weighted by Gasteiger charge is -1.99. The second-order valence-corrected chi connectivity index (χ2v) is 2.68. The average Bonchev–Trinajstić information content (AvgIpc) is 2.12. The summed E-state index contributed by atoms with van der Waals surface area (Å²) >= 11 is 0. The van der Waals surface area contributed by atoms with Crippen molar-refractivity contribution in [3.63, 3.8) is 0 Å². The fourth-order valence-corrected chi connectivity index (χ4v) is 1.20. The van der Waals surface area contributed by atoms with Crippen LogP contribution < -0.4 is 0 Å². The molecule has 1 aromatic heterocycles. The van der Waals surface area contributed by atoms with Crippen molar-refractivity contribution in [1.29, 1.82) is 0 Å². The summed E-state index contributed by atoms with van der Waals surface area (Å²) < 4.78 is 12.9. The predicted octanol–water partition coefficient (Wildman–Crippen LogP) is 2.48. The van der Waals surface area contributed by atoms with Crippen molar-refractivity contribution < 1.29 is 4.39 Å². The number of hydrogen-bond acceptors (Lipinski definition) is 1. The van der Waals surface area contributed by atoms with E-state index >= 15 is 0 Å². The smallest absolute Gasteiger partial charge is 0.154 e. The number of rotatable bonds is 0. The van der Waals surface area contributed by atoms with E-state index in [-0.39, 0.29) is 5.82 Å². The maximum atomic E-state index is 12.9. The summed E-state index contributed by atoms with van der Waals surface area (Å²) in [4.78, 5) is 3.84. The number of nitrogens with zero attached hydrogens (tertiary/aromatic N) is 1. The number of pyridine rings is 1. The molecule has 0 saturated carbocycles. The summed E-state index contributed by atoms with van der Waals surface area (Å²) in [5.74, 6) is -0.367. The molecular weight excluding hydrogens is 153 g/mol. The maximum Gasteiger partial charge on any atom is 0.154 e. The Morgan fingerprint density at radius 2 is 2.08 bits per heavy atom. The zero-order valence-corrected chi connectivity index (χ0v) is 6.63. The van der Waals surface area contributed by atoms with Crippen LogP contribution in [0.4, 0.5) is 4.39 Å². The Balaban J connectivity index is 2.91. The first kappa shape index (κ1) is 7.22. The van der Waals surface area contributed by atoms with Gasteiger partial charge in [-0.15, -0.1) is 0 Å².